The third-order valence-corrected chi connectivity index (χ3v) is 7.19. The first kappa shape index (κ1) is 24.0. The van der Waals surface area contributed by atoms with E-state index in [-0.39, 0.29) is 0 Å². The van der Waals surface area contributed by atoms with Gasteiger partial charge in [0.2, 0.25) is 0 Å². The standard InChI is InChI=1S/C24H42S2/c1-3-5-6-7-8-9-10-11-12-16-20-26-24(17-4-2)23(21-25)22-18-14-13-15-19-22/h13-15,18-19,23-25H,3-12,16-17,20-21H2,1-2H3. The van der Waals surface area contributed by atoms with Gasteiger partial charge in [-0.15, -0.1) is 0 Å². The Kier molecular flexibility index (Phi) is 15.7. The molecule has 2 heteroatoms. The van der Waals surface area contributed by atoms with Gasteiger partial charge in [0.1, 0.15) is 0 Å². The first-order valence-corrected chi connectivity index (χ1v) is 12.8. The average Bonchev–Trinajstić information content (AvgIpc) is 2.67. The highest BCUT2D eigenvalue weighted by molar-refractivity contribution is 7.99. The maximum Gasteiger partial charge on any atom is 0.0123 e. The van der Waals surface area contributed by atoms with Crippen molar-refractivity contribution in [3.63, 3.8) is 0 Å². The zero-order valence-electron chi connectivity index (χ0n) is 17.3. The maximum absolute atomic E-state index is 4.68. The van der Waals surface area contributed by atoms with Crippen LogP contribution in [-0.4, -0.2) is 16.8 Å². The molecule has 0 spiro atoms. The molecule has 0 saturated heterocycles. The molecule has 0 N–H and O–H groups in total. The van der Waals surface area contributed by atoms with E-state index >= 15 is 0 Å². The number of hydrogen-bond acceptors (Lipinski definition) is 2. The molecule has 0 aliphatic heterocycles. The summed E-state index contributed by atoms with van der Waals surface area (Å²) in [7, 11) is 0. The van der Waals surface area contributed by atoms with Crippen LogP contribution in [0.15, 0.2) is 30.3 Å². The van der Waals surface area contributed by atoms with Gasteiger partial charge in [0, 0.05) is 11.2 Å². The van der Waals surface area contributed by atoms with Gasteiger partial charge < -0.3 is 0 Å². The molecule has 2 unspecified atom stereocenters. The summed E-state index contributed by atoms with van der Waals surface area (Å²) in [5.74, 6) is 2.87. The quantitative estimate of drug-likeness (QED) is 0.204. The average molecular weight is 395 g/mol. The summed E-state index contributed by atoms with van der Waals surface area (Å²) in [6.07, 6.45) is 16.8. The van der Waals surface area contributed by atoms with E-state index in [9.17, 15) is 0 Å². The van der Waals surface area contributed by atoms with Crippen molar-refractivity contribution in [1.82, 2.24) is 0 Å². The molecule has 26 heavy (non-hydrogen) atoms. The van der Waals surface area contributed by atoms with Crippen LogP contribution in [0.1, 0.15) is 102 Å². The Bertz CT molecular complexity index is 404. The van der Waals surface area contributed by atoms with Crippen LogP contribution in [0.4, 0.5) is 0 Å². The number of hydrogen-bond donors (Lipinski definition) is 1. The summed E-state index contributed by atoms with van der Waals surface area (Å²) >= 11 is 6.88. The predicted octanol–water partition coefficient (Wildman–Crippen LogP) is 8.52. The molecule has 1 aromatic carbocycles. The van der Waals surface area contributed by atoms with Gasteiger partial charge in [-0.2, -0.15) is 24.4 Å². The van der Waals surface area contributed by atoms with Crippen LogP contribution in [-0.2, 0) is 0 Å². The van der Waals surface area contributed by atoms with Crippen molar-refractivity contribution in [3.8, 4) is 0 Å². The SMILES string of the molecule is CCCCCCCCCCCCSC(CCC)C(CS)c1ccccc1. The number of thioether (sulfide) groups is 1. The summed E-state index contributed by atoms with van der Waals surface area (Å²) in [4.78, 5) is 0. The topological polar surface area (TPSA) is 0 Å². The summed E-state index contributed by atoms with van der Waals surface area (Å²) in [6, 6.07) is 11.0. The minimum Gasteiger partial charge on any atom is -0.179 e. The molecule has 150 valence electrons. The van der Waals surface area contributed by atoms with E-state index in [2.05, 4.69) is 68.6 Å². The fourth-order valence-corrected chi connectivity index (χ4v) is 5.82. The molecule has 0 amide bonds. The van der Waals surface area contributed by atoms with Gasteiger partial charge in [-0.1, -0.05) is 108 Å². The molecule has 1 aromatic rings. The lowest BCUT2D eigenvalue weighted by Gasteiger charge is -2.26. The second-order valence-electron chi connectivity index (χ2n) is 7.58. The molecule has 0 heterocycles. The van der Waals surface area contributed by atoms with Gasteiger partial charge in [0.05, 0.1) is 0 Å². The van der Waals surface area contributed by atoms with E-state index in [1.54, 1.807) is 0 Å². The van der Waals surface area contributed by atoms with Crippen molar-refractivity contribution in [2.45, 2.75) is 102 Å². The smallest absolute Gasteiger partial charge is 0.0123 e. The Balaban J connectivity index is 2.17. The first-order chi connectivity index (χ1) is 12.8. The molecule has 0 saturated carbocycles. The van der Waals surface area contributed by atoms with E-state index in [0.717, 1.165) is 11.0 Å². The summed E-state index contributed by atoms with van der Waals surface area (Å²) < 4.78 is 0. The third kappa shape index (κ3) is 10.9. The second-order valence-corrected chi connectivity index (χ2v) is 9.29. The van der Waals surface area contributed by atoms with Gasteiger partial charge in [-0.3, -0.25) is 0 Å². The molecule has 0 fully saturated rings. The lowest BCUT2D eigenvalue weighted by Crippen LogP contribution is -2.18. The third-order valence-electron chi connectivity index (χ3n) is 5.28. The fourth-order valence-electron chi connectivity index (χ4n) is 3.65. The van der Waals surface area contributed by atoms with Gasteiger partial charge in [-0.25, -0.2) is 0 Å². The lowest BCUT2D eigenvalue weighted by atomic mass is 9.95. The summed E-state index contributed by atoms with van der Waals surface area (Å²) in [6.45, 7) is 4.61. The Morgan fingerprint density at radius 3 is 1.88 bits per heavy atom. The number of benzene rings is 1. The molecule has 0 aromatic heterocycles. The van der Waals surface area contributed by atoms with Crippen molar-refractivity contribution < 1.29 is 0 Å². The van der Waals surface area contributed by atoms with Crippen molar-refractivity contribution in [2.24, 2.45) is 0 Å². The van der Waals surface area contributed by atoms with Crippen molar-refractivity contribution in [3.05, 3.63) is 35.9 Å². The molecule has 0 bridgehead atoms. The Morgan fingerprint density at radius 2 is 1.35 bits per heavy atom. The van der Waals surface area contributed by atoms with Gasteiger partial charge >= 0.3 is 0 Å². The molecule has 0 aliphatic rings. The zero-order chi connectivity index (χ0) is 18.9. The Labute approximate surface area is 173 Å². The fraction of sp³-hybridized carbons (Fsp3) is 0.750. The second kappa shape index (κ2) is 17.0. The van der Waals surface area contributed by atoms with Crippen molar-refractivity contribution in [2.75, 3.05) is 11.5 Å². The number of thiol groups is 1. The lowest BCUT2D eigenvalue weighted by molar-refractivity contribution is 0.562. The minimum atomic E-state index is 0.590. The molecule has 1 rings (SSSR count). The van der Waals surface area contributed by atoms with Gasteiger partial charge in [0.25, 0.3) is 0 Å². The summed E-state index contributed by atoms with van der Waals surface area (Å²) in [5.41, 5.74) is 1.47. The highest BCUT2D eigenvalue weighted by atomic mass is 32.2. The monoisotopic (exact) mass is 394 g/mol. The van der Waals surface area contributed by atoms with Gasteiger partial charge in [-0.05, 0) is 29.9 Å². The van der Waals surface area contributed by atoms with E-state index in [1.807, 2.05) is 0 Å². The highest BCUT2D eigenvalue weighted by Gasteiger charge is 2.21. The summed E-state index contributed by atoms with van der Waals surface area (Å²) in [5, 5.41) is 0.721. The number of unbranched alkanes of at least 4 members (excludes halogenated alkanes) is 9. The number of rotatable bonds is 17. The first-order valence-electron chi connectivity index (χ1n) is 11.1. The molecule has 0 aliphatic carbocycles. The maximum atomic E-state index is 4.68. The van der Waals surface area contributed by atoms with Crippen molar-refractivity contribution in [1.29, 1.82) is 0 Å². The van der Waals surface area contributed by atoms with Gasteiger partial charge in [0.15, 0.2) is 0 Å². The predicted molar refractivity (Wildman–Crippen MR) is 126 cm³/mol. The van der Waals surface area contributed by atoms with Crippen LogP contribution < -0.4 is 0 Å². The molecular weight excluding hydrogens is 352 g/mol. The van der Waals surface area contributed by atoms with E-state index in [0.29, 0.717) is 5.92 Å². The van der Waals surface area contributed by atoms with E-state index in [1.165, 1.54) is 88.4 Å². The minimum absolute atomic E-state index is 0.590. The van der Waals surface area contributed by atoms with E-state index < -0.39 is 0 Å². The van der Waals surface area contributed by atoms with Crippen LogP contribution in [0.5, 0.6) is 0 Å². The van der Waals surface area contributed by atoms with Crippen LogP contribution in [0, 0.1) is 0 Å². The molecule has 0 radical (unpaired) electrons. The molecular formula is C24H42S2. The highest BCUT2D eigenvalue weighted by Crippen LogP contribution is 2.33. The normalized spacial score (nSPS) is 13.7. The van der Waals surface area contributed by atoms with Crippen LogP contribution in [0.25, 0.3) is 0 Å². The van der Waals surface area contributed by atoms with E-state index in [4.69, 9.17) is 0 Å². The van der Waals surface area contributed by atoms with Crippen LogP contribution >= 0.6 is 24.4 Å². The Morgan fingerprint density at radius 1 is 0.769 bits per heavy atom. The largest absolute Gasteiger partial charge is 0.179 e. The molecule has 2 atom stereocenters. The molecule has 0 nitrogen and oxygen atoms in total. The Hall–Kier alpha value is -0.0800. The van der Waals surface area contributed by atoms with Crippen molar-refractivity contribution >= 4 is 24.4 Å². The van der Waals surface area contributed by atoms with Crippen LogP contribution in [0.3, 0.4) is 0 Å². The van der Waals surface area contributed by atoms with Crippen LogP contribution in [0.2, 0.25) is 0 Å². The zero-order valence-corrected chi connectivity index (χ0v) is 19.0.